The Morgan fingerprint density at radius 2 is 2.20 bits per heavy atom. The molecular formula is C20H20FN5O4. The van der Waals surface area contributed by atoms with Crippen molar-refractivity contribution < 1.29 is 19.0 Å². The highest BCUT2D eigenvalue weighted by atomic mass is 19.1. The van der Waals surface area contributed by atoms with Crippen molar-refractivity contribution in [3.63, 3.8) is 0 Å². The van der Waals surface area contributed by atoms with Gasteiger partial charge < -0.3 is 19.7 Å². The molecule has 9 nitrogen and oxygen atoms in total. The van der Waals surface area contributed by atoms with Gasteiger partial charge in [-0.15, -0.1) is 0 Å². The van der Waals surface area contributed by atoms with Crippen molar-refractivity contribution in [3.05, 3.63) is 70.2 Å². The van der Waals surface area contributed by atoms with Crippen molar-refractivity contribution in [2.45, 2.75) is 32.5 Å². The first-order valence-corrected chi connectivity index (χ1v) is 9.31. The van der Waals surface area contributed by atoms with Gasteiger partial charge >= 0.3 is 0 Å². The van der Waals surface area contributed by atoms with Crippen LogP contribution in [0, 0.1) is 5.82 Å². The molecule has 0 aliphatic carbocycles. The summed E-state index contributed by atoms with van der Waals surface area (Å²) in [7, 11) is 0. The number of ether oxygens (including phenoxy) is 1. The van der Waals surface area contributed by atoms with E-state index in [-0.39, 0.29) is 24.6 Å². The first-order chi connectivity index (χ1) is 14.3. The van der Waals surface area contributed by atoms with Crippen LogP contribution < -0.4 is 10.9 Å². The molecule has 0 spiro atoms. The summed E-state index contributed by atoms with van der Waals surface area (Å²) in [6.07, 6.45) is 4.72. The smallest absolute Gasteiger partial charge is 0.296 e. The number of fused-ring (bicyclic) bond motifs is 1. The van der Waals surface area contributed by atoms with Gasteiger partial charge in [0.15, 0.2) is 5.69 Å². The molecule has 10 heteroatoms. The molecule has 0 unspecified atom stereocenters. The topological polar surface area (TPSA) is 111 Å². The van der Waals surface area contributed by atoms with Crippen LogP contribution in [0.25, 0.3) is 5.69 Å². The Bertz CT molecular complexity index is 1170. The maximum absolute atomic E-state index is 13.7. The molecule has 0 atom stereocenters. The highest BCUT2D eigenvalue weighted by Crippen LogP contribution is 2.27. The fourth-order valence-electron chi connectivity index (χ4n) is 3.41. The lowest BCUT2D eigenvalue weighted by Gasteiger charge is -2.32. The van der Waals surface area contributed by atoms with Gasteiger partial charge in [-0.1, -0.05) is 6.07 Å². The van der Waals surface area contributed by atoms with E-state index in [1.807, 2.05) is 0 Å². The van der Waals surface area contributed by atoms with Crippen molar-refractivity contribution >= 4 is 5.91 Å². The quantitative estimate of drug-likeness (QED) is 0.670. The van der Waals surface area contributed by atoms with Crippen LogP contribution >= 0.6 is 0 Å². The zero-order chi connectivity index (χ0) is 21.5. The Balaban J connectivity index is 1.64. The van der Waals surface area contributed by atoms with Gasteiger partial charge in [0, 0.05) is 18.9 Å². The van der Waals surface area contributed by atoms with Gasteiger partial charge in [-0.3, -0.25) is 14.2 Å². The zero-order valence-electron chi connectivity index (χ0n) is 16.4. The number of hydrogen-bond acceptors (Lipinski definition) is 6. The average molecular weight is 413 g/mol. The molecule has 4 rings (SSSR count). The van der Waals surface area contributed by atoms with Crippen LogP contribution in [0.2, 0.25) is 0 Å². The fourth-order valence-corrected chi connectivity index (χ4v) is 3.41. The predicted octanol–water partition coefficient (Wildman–Crippen LogP) is 1.47. The van der Waals surface area contributed by atoms with E-state index in [9.17, 15) is 19.1 Å². The molecule has 0 bridgehead atoms. The van der Waals surface area contributed by atoms with E-state index in [1.54, 1.807) is 30.8 Å². The second kappa shape index (κ2) is 7.38. The first-order valence-electron chi connectivity index (χ1n) is 9.31. The number of carbonyl (C=O) groups excluding carboxylic acids is 1. The van der Waals surface area contributed by atoms with E-state index in [4.69, 9.17) is 4.74 Å². The minimum atomic E-state index is -0.883. The highest BCUT2D eigenvalue weighted by Gasteiger charge is 2.34. The van der Waals surface area contributed by atoms with Crippen LogP contribution in [0.4, 0.5) is 4.39 Å². The Kier molecular flexibility index (Phi) is 4.86. The van der Waals surface area contributed by atoms with Gasteiger partial charge in [-0.2, -0.15) is 0 Å². The SMILES string of the molecule is CC1(C)OCCn2c1nc(C(=O)NCc1ccc(F)cc1-n1ccnc1)c(O)c2=O. The molecule has 1 aliphatic rings. The summed E-state index contributed by atoms with van der Waals surface area (Å²) in [5.74, 6) is -1.61. The molecule has 1 amide bonds. The number of hydrogen-bond donors (Lipinski definition) is 2. The van der Waals surface area contributed by atoms with Gasteiger partial charge in [0.2, 0.25) is 5.75 Å². The van der Waals surface area contributed by atoms with E-state index in [2.05, 4.69) is 15.3 Å². The molecule has 30 heavy (non-hydrogen) atoms. The zero-order valence-corrected chi connectivity index (χ0v) is 16.4. The van der Waals surface area contributed by atoms with Crippen molar-refractivity contribution in [1.82, 2.24) is 24.4 Å². The Labute approximate surface area is 170 Å². The number of carbonyl (C=O) groups is 1. The van der Waals surface area contributed by atoms with Crippen molar-refractivity contribution in [2.24, 2.45) is 0 Å². The maximum atomic E-state index is 13.7. The first kappa shape index (κ1) is 19.8. The Hall–Kier alpha value is -3.53. The van der Waals surface area contributed by atoms with Crippen molar-refractivity contribution in [3.8, 4) is 11.4 Å². The molecule has 1 aliphatic heterocycles. The van der Waals surface area contributed by atoms with Crippen LogP contribution in [-0.2, 0) is 23.4 Å². The summed E-state index contributed by atoms with van der Waals surface area (Å²) in [6.45, 7) is 4.03. The number of aromatic nitrogens is 4. The number of halogens is 1. The maximum Gasteiger partial charge on any atom is 0.296 e. The fraction of sp³-hybridized carbons (Fsp3) is 0.300. The Morgan fingerprint density at radius 3 is 2.93 bits per heavy atom. The predicted molar refractivity (Wildman–Crippen MR) is 104 cm³/mol. The molecule has 2 N–H and O–H groups in total. The van der Waals surface area contributed by atoms with E-state index in [1.165, 1.54) is 29.1 Å². The van der Waals surface area contributed by atoms with Crippen molar-refractivity contribution in [1.29, 1.82) is 0 Å². The molecular weight excluding hydrogens is 393 g/mol. The summed E-state index contributed by atoms with van der Waals surface area (Å²) in [5.41, 5.74) is -0.838. The summed E-state index contributed by atoms with van der Waals surface area (Å²) >= 11 is 0. The van der Waals surface area contributed by atoms with Crippen molar-refractivity contribution in [2.75, 3.05) is 6.61 Å². The summed E-state index contributed by atoms with van der Waals surface area (Å²) in [5, 5.41) is 12.9. The van der Waals surface area contributed by atoms with Crippen LogP contribution in [0.3, 0.4) is 0 Å². The lowest BCUT2D eigenvalue weighted by molar-refractivity contribution is -0.0566. The number of rotatable bonds is 4. The molecule has 1 aromatic carbocycles. The van der Waals surface area contributed by atoms with Crippen LogP contribution in [-0.4, -0.2) is 36.7 Å². The van der Waals surface area contributed by atoms with Crippen LogP contribution in [0.15, 0.2) is 41.7 Å². The molecule has 0 radical (unpaired) electrons. The number of amides is 1. The molecule has 3 aromatic rings. The van der Waals surface area contributed by atoms with Crippen LogP contribution in [0.1, 0.15) is 35.7 Å². The second-order valence-electron chi connectivity index (χ2n) is 7.37. The van der Waals surface area contributed by atoms with Gasteiger partial charge in [-0.05, 0) is 31.5 Å². The number of aromatic hydroxyl groups is 1. The average Bonchev–Trinajstić information content (AvgIpc) is 3.24. The third-order valence-corrected chi connectivity index (χ3v) is 4.95. The largest absolute Gasteiger partial charge is 0.501 e. The molecule has 0 saturated carbocycles. The van der Waals surface area contributed by atoms with Gasteiger partial charge in [0.1, 0.15) is 17.2 Å². The van der Waals surface area contributed by atoms with E-state index >= 15 is 0 Å². The molecule has 0 fully saturated rings. The normalized spacial score (nSPS) is 14.9. The second-order valence-corrected chi connectivity index (χ2v) is 7.37. The number of nitrogens with zero attached hydrogens (tertiary/aromatic N) is 4. The van der Waals surface area contributed by atoms with Gasteiger partial charge in [0.05, 0.1) is 25.2 Å². The van der Waals surface area contributed by atoms with E-state index < -0.39 is 28.6 Å². The highest BCUT2D eigenvalue weighted by molar-refractivity contribution is 5.94. The van der Waals surface area contributed by atoms with Gasteiger partial charge in [0.25, 0.3) is 11.5 Å². The Morgan fingerprint density at radius 1 is 1.40 bits per heavy atom. The summed E-state index contributed by atoms with van der Waals surface area (Å²) in [6, 6.07) is 4.14. The summed E-state index contributed by atoms with van der Waals surface area (Å²) < 4.78 is 22.3. The molecule has 156 valence electrons. The minimum Gasteiger partial charge on any atom is -0.501 e. The molecule has 0 saturated heterocycles. The summed E-state index contributed by atoms with van der Waals surface area (Å²) in [4.78, 5) is 33.4. The monoisotopic (exact) mass is 413 g/mol. The van der Waals surface area contributed by atoms with Gasteiger partial charge in [-0.25, -0.2) is 14.4 Å². The lowest BCUT2D eigenvalue weighted by atomic mass is 10.1. The lowest BCUT2D eigenvalue weighted by Crippen LogP contribution is -2.42. The number of benzene rings is 1. The molecule has 2 aromatic heterocycles. The third-order valence-electron chi connectivity index (χ3n) is 4.95. The molecule has 3 heterocycles. The third kappa shape index (κ3) is 3.45. The standard InChI is InChI=1S/C20H20FN5O4/c1-20(2)19-24-15(16(27)18(29)26(19)7-8-30-20)17(28)23-10-12-3-4-13(21)9-14(12)25-6-5-22-11-25/h3-6,9,11,27H,7-8,10H2,1-2H3,(H,23,28). The van der Waals surface area contributed by atoms with E-state index in [0.717, 1.165) is 0 Å². The van der Waals surface area contributed by atoms with E-state index in [0.29, 0.717) is 17.9 Å². The number of imidazole rings is 1. The minimum absolute atomic E-state index is 0.0199. The van der Waals surface area contributed by atoms with Crippen LogP contribution in [0.5, 0.6) is 5.75 Å². The number of nitrogens with one attached hydrogen (secondary N) is 1.